The lowest BCUT2D eigenvalue weighted by Crippen LogP contribution is -2.34. The van der Waals surface area contributed by atoms with Crippen LogP contribution in [0.25, 0.3) is 10.1 Å². The first kappa shape index (κ1) is 13.1. The Morgan fingerprint density at radius 1 is 1.32 bits per heavy atom. The van der Waals surface area contributed by atoms with Crippen LogP contribution >= 0.6 is 11.3 Å². The van der Waals surface area contributed by atoms with E-state index in [1.807, 2.05) is 0 Å². The molecule has 1 nitrogen and oxygen atoms in total. The Morgan fingerprint density at radius 2 is 2.05 bits per heavy atom. The molecule has 1 aromatic heterocycles. The van der Waals surface area contributed by atoms with Crippen LogP contribution in [0.1, 0.15) is 39.2 Å². The third-order valence-corrected chi connectivity index (χ3v) is 5.63. The molecule has 0 amide bonds. The summed E-state index contributed by atoms with van der Waals surface area (Å²) in [5, 5.41) is 14.6. The second-order valence-electron chi connectivity index (χ2n) is 6.98. The fourth-order valence-electron chi connectivity index (χ4n) is 3.83. The normalized spacial score (nSPS) is 30.0. The molecule has 102 valence electrons. The molecule has 2 aromatic rings. The molecule has 1 saturated carbocycles. The molecule has 0 bridgehead atoms. The van der Waals surface area contributed by atoms with Gasteiger partial charge in [0.1, 0.15) is 0 Å². The molecule has 1 aliphatic rings. The van der Waals surface area contributed by atoms with Crippen molar-refractivity contribution in [1.29, 1.82) is 0 Å². The Bertz CT molecular complexity index is 598. The van der Waals surface area contributed by atoms with Gasteiger partial charge < -0.3 is 5.11 Å². The molecule has 2 unspecified atom stereocenters. The number of hydrogen-bond donors (Lipinski definition) is 1. The van der Waals surface area contributed by atoms with Crippen LogP contribution in [0.4, 0.5) is 0 Å². The van der Waals surface area contributed by atoms with Crippen molar-refractivity contribution in [2.45, 2.75) is 45.6 Å². The van der Waals surface area contributed by atoms with Crippen molar-refractivity contribution in [2.24, 2.45) is 11.3 Å². The first-order valence-electron chi connectivity index (χ1n) is 7.07. The van der Waals surface area contributed by atoms with Gasteiger partial charge in [-0.25, -0.2) is 0 Å². The van der Waals surface area contributed by atoms with Gasteiger partial charge in [0.15, 0.2) is 0 Å². The first-order chi connectivity index (χ1) is 8.90. The summed E-state index contributed by atoms with van der Waals surface area (Å²) >= 11 is 1.79. The molecule has 1 aliphatic carbocycles. The van der Waals surface area contributed by atoms with Crippen molar-refractivity contribution in [2.75, 3.05) is 0 Å². The Hall–Kier alpha value is -0.860. The average Bonchev–Trinajstić information content (AvgIpc) is 2.79. The highest BCUT2D eigenvalue weighted by molar-refractivity contribution is 7.17. The minimum absolute atomic E-state index is 0.264. The number of benzene rings is 1. The van der Waals surface area contributed by atoms with E-state index in [4.69, 9.17) is 0 Å². The van der Waals surface area contributed by atoms with Crippen molar-refractivity contribution in [1.82, 2.24) is 0 Å². The van der Waals surface area contributed by atoms with Crippen molar-refractivity contribution >= 4 is 21.4 Å². The van der Waals surface area contributed by atoms with Crippen LogP contribution in [0.3, 0.4) is 0 Å². The van der Waals surface area contributed by atoms with Crippen LogP contribution in [0, 0.1) is 11.3 Å². The zero-order valence-corrected chi connectivity index (χ0v) is 12.8. The molecule has 1 N–H and O–H groups in total. The molecular formula is C17H22OS. The summed E-state index contributed by atoms with van der Waals surface area (Å²) in [5.74, 6) is 0.376. The standard InChI is InChI=1S/C17H22OS/c1-12-8-16(2,3)11-17(12,18)9-13-10-19-15-7-5-4-6-14(13)15/h4-7,10,12,18H,8-9,11H2,1-3H3. The van der Waals surface area contributed by atoms with E-state index < -0.39 is 5.60 Å². The van der Waals surface area contributed by atoms with Crippen LogP contribution in [-0.2, 0) is 6.42 Å². The van der Waals surface area contributed by atoms with E-state index >= 15 is 0 Å². The predicted octanol–water partition coefficient (Wildman–Crippen LogP) is 4.63. The lowest BCUT2D eigenvalue weighted by atomic mass is 9.84. The highest BCUT2D eigenvalue weighted by Crippen LogP contribution is 2.49. The summed E-state index contributed by atoms with van der Waals surface area (Å²) in [4.78, 5) is 0. The van der Waals surface area contributed by atoms with Gasteiger partial charge in [-0.15, -0.1) is 11.3 Å². The van der Waals surface area contributed by atoms with Crippen LogP contribution in [0.15, 0.2) is 29.6 Å². The number of aliphatic hydroxyl groups is 1. The Balaban J connectivity index is 1.93. The molecular weight excluding hydrogens is 252 g/mol. The van der Waals surface area contributed by atoms with E-state index in [9.17, 15) is 5.11 Å². The zero-order valence-electron chi connectivity index (χ0n) is 11.9. The Labute approximate surface area is 119 Å². The van der Waals surface area contributed by atoms with Gasteiger partial charge in [-0.1, -0.05) is 39.0 Å². The van der Waals surface area contributed by atoms with Crippen molar-refractivity contribution in [3.05, 3.63) is 35.2 Å². The summed E-state index contributed by atoms with van der Waals surface area (Å²) in [7, 11) is 0. The van der Waals surface area contributed by atoms with Gasteiger partial charge in [-0.3, -0.25) is 0 Å². The highest BCUT2D eigenvalue weighted by atomic mass is 32.1. The van der Waals surface area contributed by atoms with Crippen molar-refractivity contribution in [3.8, 4) is 0 Å². The summed E-state index contributed by atoms with van der Waals surface area (Å²) in [6.07, 6.45) is 2.82. The van der Waals surface area contributed by atoms with Crippen molar-refractivity contribution in [3.63, 3.8) is 0 Å². The maximum Gasteiger partial charge on any atom is 0.0719 e. The number of rotatable bonds is 2. The molecule has 3 rings (SSSR count). The molecule has 0 saturated heterocycles. The highest BCUT2D eigenvalue weighted by Gasteiger charge is 2.47. The second-order valence-corrected chi connectivity index (χ2v) is 7.89. The summed E-state index contributed by atoms with van der Waals surface area (Å²) in [6, 6.07) is 8.51. The minimum atomic E-state index is -0.534. The zero-order chi connectivity index (χ0) is 13.7. The second kappa shape index (κ2) is 4.32. The molecule has 19 heavy (non-hydrogen) atoms. The van der Waals surface area contributed by atoms with Gasteiger partial charge in [0, 0.05) is 11.1 Å². The minimum Gasteiger partial charge on any atom is -0.389 e. The van der Waals surface area contributed by atoms with Gasteiger partial charge in [0.25, 0.3) is 0 Å². The number of hydrogen-bond acceptors (Lipinski definition) is 2. The van der Waals surface area contributed by atoms with E-state index in [-0.39, 0.29) is 5.41 Å². The third kappa shape index (κ3) is 2.32. The lowest BCUT2D eigenvalue weighted by molar-refractivity contribution is 0.00481. The molecule has 0 radical (unpaired) electrons. The van der Waals surface area contributed by atoms with E-state index in [1.54, 1.807) is 11.3 Å². The summed E-state index contributed by atoms with van der Waals surface area (Å²) in [6.45, 7) is 6.74. The van der Waals surface area contributed by atoms with E-state index in [0.29, 0.717) is 5.92 Å². The molecule has 2 heteroatoms. The fraction of sp³-hybridized carbons (Fsp3) is 0.529. The number of thiophene rings is 1. The third-order valence-electron chi connectivity index (χ3n) is 4.62. The Morgan fingerprint density at radius 3 is 2.74 bits per heavy atom. The SMILES string of the molecule is CC1CC(C)(C)CC1(O)Cc1csc2ccccc12. The van der Waals surface area contributed by atoms with Gasteiger partial charge in [0.05, 0.1) is 5.60 Å². The molecule has 0 spiro atoms. The maximum absolute atomic E-state index is 11.0. The van der Waals surface area contributed by atoms with Crippen LogP contribution < -0.4 is 0 Å². The molecule has 1 aromatic carbocycles. The largest absolute Gasteiger partial charge is 0.389 e. The van der Waals surface area contributed by atoms with Gasteiger partial charge in [0.2, 0.25) is 0 Å². The quantitative estimate of drug-likeness (QED) is 0.846. The summed E-state index contributed by atoms with van der Waals surface area (Å²) < 4.78 is 1.33. The predicted molar refractivity (Wildman–Crippen MR) is 82.7 cm³/mol. The van der Waals surface area contributed by atoms with Gasteiger partial charge >= 0.3 is 0 Å². The first-order valence-corrected chi connectivity index (χ1v) is 7.95. The van der Waals surface area contributed by atoms with Gasteiger partial charge in [-0.2, -0.15) is 0 Å². The lowest BCUT2D eigenvalue weighted by Gasteiger charge is -2.28. The molecule has 1 heterocycles. The monoisotopic (exact) mass is 274 g/mol. The van der Waals surface area contributed by atoms with Crippen molar-refractivity contribution < 1.29 is 5.11 Å². The molecule has 0 aliphatic heterocycles. The topological polar surface area (TPSA) is 20.2 Å². The number of fused-ring (bicyclic) bond motifs is 1. The Kier molecular flexibility index (Phi) is 2.99. The smallest absolute Gasteiger partial charge is 0.0719 e. The fourth-order valence-corrected chi connectivity index (χ4v) is 4.79. The molecule has 2 atom stereocenters. The van der Waals surface area contributed by atoms with E-state index in [1.165, 1.54) is 15.6 Å². The van der Waals surface area contributed by atoms with Crippen LogP contribution in [0.2, 0.25) is 0 Å². The van der Waals surface area contributed by atoms with E-state index in [0.717, 1.165) is 19.3 Å². The van der Waals surface area contributed by atoms with Crippen LogP contribution in [-0.4, -0.2) is 10.7 Å². The average molecular weight is 274 g/mol. The van der Waals surface area contributed by atoms with E-state index in [2.05, 4.69) is 50.4 Å². The van der Waals surface area contributed by atoms with Crippen LogP contribution in [0.5, 0.6) is 0 Å². The molecule has 1 fully saturated rings. The van der Waals surface area contributed by atoms with Gasteiger partial charge in [-0.05, 0) is 46.6 Å². The maximum atomic E-state index is 11.0. The summed E-state index contributed by atoms with van der Waals surface area (Å²) in [5.41, 5.74) is 1.04.